The molecule has 2 bridgehead atoms. The molecule has 28 heavy (non-hydrogen) atoms. The third kappa shape index (κ3) is 3.18. The SMILES string of the molecule is O=C(N[C@@H]1CN2CCC1CC2)N1CCc2ccccc2[C@H]1c1ccc(F)cc1. The van der Waals surface area contributed by atoms with Crippen molar-refractivity contribution in [2.24, 2.45) is 5.92 Å². The topological polar surface area (TPSA) is 35.6 Å². The molecule has 2 atom stereocenters. The number of hydrogen-bond acceptors (Lipinski definition) is 2. The van der Waals surface area contributed by atoms with Crippen LogP contribution >= 0.6 is 0 Å². The van der Waals surface area contributed by atoms with Gasteiger partial charge in [0, 0.05) is 19.1 Å². The predicted octanol–water partition coefficient (Wildman–Crippen LogP) is 3.58. The molecule has 3 saturated heterocycles. The van der Waals surface area contributed by atoms with Crippen LogP contribution in [0, 0.1) is 11.7 Å². The lowest BCUT2D eigenvalue weighted by molar-refractivity contribution is 0.0715. The summed E-state index contributed by atoms with van der Waals surface area (Å²) in [6, 6.07) is 14.9. The monoisotopic (exact) mass is 379 g/mol. The van der Waals surface area contributed by atoms with Crippen molar-refractivity contribution in [3.63, 3.8) is 0 Å². The highest BCUT2D eigenvalue weighted by Crippen LogP contribution is 2.36. The number of amides is 2. The molecule has 5 heteroatoms. The summed E-state index contributed by atoms with van der Waals surface area (Å²) in [7, 11) is 0. The lowest BCUT2D eigenvalue weighted by Crippen LogP contribution is -2.59. The molecule has 0 saturated carbocycles. The number of benzene rings is 2. The van der Waals surface area contributed by atoms with E-state index in [1.807, 2.05) is 17.0 Å². The molecule has 0 aliphatic carbocycles. The molecule has 0 unspecified atom stereocenters. The van der Waals surface area contributed by atoms with Crippen LogP contribution in [0.4, 0.5) is 9.18 Å². The second kappa shape index (κ2) is 7.21. The molecule has 0 radical (unpaired) electrons. The fourth-order valence-electron chi connectivity index (χ4n) is 5.16. The first-order valence-electron chi connectivity index (χ1n) is 10.3. The number of halogens is 1. The molecular formula is C23H26FN3O. The van der Waals surface area contributed by atoms with E-state index in [9.17, 15) is 9.18 Å². The van der Waals surface area contributed by atoms with E-state index >= 15 is 0 Å². The van der Waals surface area contributed by atoms with Crippen LogP contribution in [0.2, 0.25) is 0 Å². The first-order valence-corrected chi connectivity index (χ1v) is 10.3. The third-order valence-electron chi connectivity index (χ3n) is 6.70. The lowest BCUT2D eigenvalue weighted by Gasteiger charge is -2.46. The summed E-state index contributed by atoms with van der Waals surface area (Å²) >= 11 is 0. The van der Waals surface area contributed by atoms with E-state index in [2.05, 4.69) is 22.3 Å². The van der Waals surface area contributed by atoms with E-state index in [1.165, 1.54) is 30.5 Å². The summed E-state index contributed by atoms with van der Waals surface area (Å²) in [6.07, 6.45) is 3.20. The van der Waals surface area contributed by atoms with Gasteiger partial charge in [-0.25, -0.2) is 9.18 Å². The van der Waals surface area contributed by atoms with Crippen molar-refractivity contribution < 1.29 is 9.18 Å². The molecule has 146 valence electrons. The van der Waals surface area contributed by atoms with Gasteiger partial charge in [-0.2, -0.15) is 0 Å². The second-order valence-corrected chi connectivity index (χ2v) is 8.29. The van der Waals surface area contributed by atoms with Gasteiger partial charge in [0.05, 0.1) is 6.04 Å². The highest BCUT2D eigenvalue weighted by atomic mass is 19.1. The Bertz CT molecular complexity index is 860. The second-order valence-electron chi connectivity index (χ2n) is 8.29. The smallest absolute Gasteiger partial charge is 0.318 e. The molecule has 0 aromatic heterocycles. The molecule has 4 nitrogen and oxygen atoms in total. The van der Waals surface area contributed by atoms with E-state index in [-0.39, 0.29) is 23.9 Å². The number of carbonyl (C=O) groups is 1. The molecule has 2 aromatic carbocycles. The zero-order valence-corrected chi connectivity index (χ0v) is 16.0. The first kappa shape index (κ1) is 17.7. The van der Waals surface area contributed by atoms with Gasteiger partial charge in [-0.3, -0.25) is 0 Å². The maximum absolute atomic E-state index is 13.5. The minimum absolute atomic E-state index is 0.00239. The van der Waals surface area contributed by atoms with Gasteiger partial charge < -0.3 is 15.1 Å². The molecule has 2 amide bonds. The lowest BCUT2D eigenvalue weighted by atomic mass is 9.84. The maximum atomic E-state index is 13.5. The summed E-state index contributed by atoms with van der Waals surface area (Å²) in [5, 5.41) is 3.33. The zero-order chi connectivity index (χ0) is 19.1. The van der Waals surface area contributed by atoms with E-state index in [1.54, 1.807) is 12.1 Å². The Morgan fingerprint density at radius 1 is 1.00 bits per heavy atom. The Labute approximate surface area is 165 Å². The van der Waals surface area contributed by atoms with E-state index in [4.69, 9.17) is 0 Å². The van der Waals surface area contributed by atoms with Crippen molar-refractivity contribution in [1.82, 2.24) is 15.1 Å². The zero-order valence-electron chi connectivity index (χ0n) is 16.0. The predicted molar refractivity (Wildman–Crippen MR) is 107 cm³/mol. The number of urea groups is 1. The Morgan fingerprint density at radius 3 is 2.46 bits per heavy atom. The Hall–Kier alpha value is -2.40. The van der Waals surface area contributed by atoms with Crippen molar-refractivity contribution in [2.45, 2.75) is 31.3 Å². The Morgan fingerprint density at radius 2 is 1.75 bits per heavy atom. The number of carbonyl (C=O) groups excluding carboxylic acids is 1. The van der Waals surface area contributed by atoms with Crippen molar-refractivity contribution in [2.75, 3.05) is 26.2 Å². The minimum Gasteiger partial charge on any atom is -0.334 e. The van der Waals surface area contributed by atoms with Crippen LogP contribution in [0.25, 0.3) is 0 Å². The summed E-state index contributed by atoms with van der Waals surface area (Å²) in [5.74, 6) is 0.339. The number of nitrogens with zero attached hydrogens (tertiary/aromatic N) is 2. The van der Waals surface area contributed by atoms with Gasteiger partial charge in [0.25, 0.3) is 0 Å². The average molecular weight is 379 g/mol. The van der Waals surface area contributed by atoms with Crippen molar-refractivity contribution in [1.29, 1.82) is 0 Å². The molecule has 4 aliphatic heterocycles. The van der Waals surface area contributed by atoms with Crippen LogP contribution in [0.1, 0.15) is 35.6 Å². The van der Waals surface area contributed by atoms with Gasteiger partial charge in [0.1, 0.15) is 5.82 Å². The maximum Gasteiger partial charge on any atom is 0.318 e. The highest BCUT2D eigenvalue weighted by molar-refractivity contribution is 5.76. The van der Waals surface area contributed by atoms with Crippen molar-refractivity contribution in [3.05, 3.63) is 71.0 Å². The number of fused-ring (bicyclic) bond motifs is 4. The fraction of sp³-hybridized carbons (Fsp3) is 0.435. The standard InChI is InChI=1S/C23H26FN3O/c24-19-7-5-18(6-8-19)22-20-4-2-1-3-16(20)11-14-27(22)23(28)25-21-15-26-12-9-17(21)10-13-26/h1-8,17,21-22H,9-15H2,(H,25,28)/t21-,22-/m1/s1. The quantitative estimate of drug-likeness (QED) is 0.866. The number of rotatable bonds is 2. The van der Waals surface area contributed by atoms with Crippen LogP contribution in [-0.4, -0.2) is 48.1 Å². The normalized spacial score (nSPS) is 28.7. The Kier molecular flexibility index (Phi) is 4.55. The summed E-state index contributed by atoms with van der Waals surface area (Å²) < 4.78 is 13.5. The van der Waals surface area contributed by atoms with Crippen molar-refractivity contribution in [3.8, 4) is 0 Å². The van der Waals surface area contributed by atoms with Crippen LogP contribution < -0.4 is 5.32 Å². The molecule has 1 N–H and O–H groups in total. The van der Waals surface area contributed by atoms with Gasteiger partial charge in [-0.1, -0.05) is 36.4 Å². The fourth-order valence-corrected chi connectivity index (χ4v) is 5.16. The molecule has 4 heterocycles. The number of hydrogen-bond donors (Lipinski definition) is 1. The minimum atomic E-state index is -0.254. The van der Waals surface area contributed by atoms with Gasteiger partial charge in [-0.05, 0) is 67.1 Å². The van der Waals surface area contributed by atoms with E-state index < -0.39 is 0 Å². The van der Waals surface area contributed by atoms with E-state index in [0.717, 1.165) is 37.2 Å². The molecule has 2 aromatic rings. The molecule has 4 aliphatic rings. The Balaban J connectivity index is 1.43. The number of nitrogens with one attached hydrogen (secondary N) is 1. The molecular weight excluding hydrogens is 353 g/mol. The summed E-state index contributed by atoms with van der Waals surface area (Å²) in [6.45, 7) is 3.95. The largest absolute Gasteiger partial charge is 0.334 e. The molecule has 3 fully saturated rings. The van der Waals surface area contributed by atoms with Gasteiger partial charge in [-0.15, -0.1) is 0 Å². The van der Waals surface area contributed by atoms with Gasteiger partial charge in [0.15, 0.2) is 0 Å². The first-order chi connectivity index (χ1) is 13.7. The van der Waals surface area contributed by atoms with Crippen LogP contribution in [0.15, 0.2) is 48.5 Å². The molecule has 0 spiro atoms. The highest BCUT2D eigenvalue weighted by Gasteiger charge is 2.38. The van der Waals surface area contributed by atoms with Crippen LogP contribution in [0.5, 0.6) is 0 Å². The van der Waals surface area contributed by atoms with Gasteiger partial charge >= 0.3 is 6.03 Å². The third-order valence-corrected chi connectivity index (χ3v) is 6.70. The van der Waals surface area contributed by atoms with Crippen LogP contribution in [0.3, 0.4) is 0 Å². The van der Waals surface area contributed by atoms with Gasteiger partial charge in [0.2, 0.25) is 0 Å². The van der Waals surface area contributed by atoms with Crippen molar-refractivity contribution >= 4 is 6.03 Å². The molecule has 6 rings (SSSR count). The summed E-state index contributed by atoms with van der Waals surface area (Å²) in [4.78, 5) is 17.7. The van der Waals surface area contributed by atoms with Crippen LogP contribution in [-0.2, 0) is 6.42 Å². The summed E-state index contributed by atoms with van der Waals surface area (Å²) in [5.41, 5.74) is 3.37. The number of piperidine rings is 3. The average Bonchev–Trinajstić information content (AvgIpc) is 2.74. The van der Waals surface area contributed by atoms with E-state index in [0.29, 0.717) is 12.5 Å².